The quantitative estimate of drug-likeness (QED) is 0.205. The highest BCUT2D eigenvalue weighted by Gasteiger charge is 2.56. The zero-order valence-electron chi connectivity index (χ0n) is 24.8. The predicted octanol–water partition coefficient (Wildman–Crippen LogP) is 6.27. The number of thioether (sulfide) groups is 1. The van der Waals surface area contributed by atoms with Crippen LogP contribution in [0.2, 0.25) is 0 Å². The molecular weight excluding hydrogens is 602 g/mol. The zero-order chi connectivity index (χ0) is 32.4. The van der Waals surface area contributed by atoms with E-state index in [-0.39, 0.29) is 62.2 Å². The molecule has 14 heteroatoms. The second-order valence-electron chi connectivity index (χ2n) is 12.1. The summed E-state index contributed by atoms with van der Waals surface area (Å²) in [6.07, 6.45) is -10.6. The number of halogens is 6. The number of hydrogen-bond donors (Lipinski definition) is 1. The van der Waals surface area contributed by atoms with Crippen molar-refractivity contribution in [3.05, 3.63) is 29.3 Å². The molecule has 1 aliphatic heterocycles. The van der Waals surface area contributed by atoms with Crippen LogP contribution in [0.15, 0.2) is 23.1 Å². The lowest BCUT2D eigenvalue weighted by atomic mass is 9.79. The fourth-order valence-corrected chi connectivity index (χ4v) is 6.88. The van der Waals surface area contributed by atoms with Gasteiger partial charge in [-0.15, -0.1) is 11.8 Å². The van der Waals surface area contributed by atoms with Crippen molar-refractivity contribution in [2.45, 2.75) is 113 Å². The number of ether oxygens (including phenoxy) is 2. The molecule has 0 unspecified atom stereocenters. The number of benzene rings is 1. The molecule has 1 aromatic carbocycles. The minimum Gasteiger partial charge on any atom is -0.462 e. The van der Waals surface area contributed by atoms with E-state index in [1.54, 1.807) is 0 Å². The SMILES string of the molecule is CC(=O)O[C@@H](C)[C@]1(C(=O)NCc2cc(C(F)(F)F)ccc2SC(C)(C)C)CC[C@@H](N(C(=O)C(F)(F)F)C2CCOCC2)C1. The van der Waals surface area contributed by atoms with Crippen LogP contribution in [-0.2, 0) is 36.6 Å². The normalized spacial score (nSPS) is 22.6. The third kappa shape index (κ3) is 8.80. The van der Waals surface area contributed by atoms with Gasteiger partial charge < -0.3 is 19.7 Å². The Bertz CT molecular complexity index is 1180. The number of amides is 2. The van der Waals surface area contributed by atoms with Crippen molar-refractivity contribution >= 4 is 29.5 Å². The van der Waals surface area contributed by atoms with Gasteiger partial charge in [0.2, 0.25) is 5.91 Å². The lowest BCUT2D eigenvalue weighted by Gasteiger charge is -2.40. The molecule has 0 aromatic heterocycles. The third-order valence-corrected chi connectivity index (χ3v) is 9.03. The molecule has 0 radical (unpaired) electrons. The molecule has 3 atom stereocenters. The van der Waals surface area contributed by atoms with Crippen molar-refractivity contribution in [2.75, 3.05) is 13.2 Å². The summed E-state index contributed by atoms with van der Waals surface area (Å²) in [5.74, 6) is -3.40. The zero-order valence-corrected chi connectivity index (χ0v) is 25.6. The maximum atomic E-state index is 13.9. The predicted molar refractivity (Wildman–Crippen MR) is 147 cm³/mol. The molecule has 2 amide bonds. The Labute approximate surface area is 251 Å². The molecule has 2 fully saturated rings. The van der Waals surface area contributed by atoms with Crippen molar-refractivity contribution in [3.63, 3.8) is 0 Å². The van der Waals surface area contributed by atoms with Crippen LogP contribution < -0.4 is 5.32 Å². The summed E-state index contributed by atoms with van der Waals surface area (Å²) < 4.78 is 92.0. The minimum absolute atomic E-state index is 0.00497. The average Bonchev–Trinajstić information content (AvgIpc) is 3.32. The Kier molecular flexibility index (Phi) is 10.8. The molecule has 1 aliphatic carbocycles. The standard InChI is InChI=1S/C29H38F6N2O5S/c1-17(42-18(2)38)27(11-8-22(15-27)37(25(40)29(33,34)35)21-9-12-41-13-10-21)24(39)36-16-19-14-20(28(30,31)32)6-7-23(19)43-26(3,4)5/h6-7,14,17,21-22H,8-13,15-16H2,1-5H3,(H,36,39)/t17-,22+,27-/m0/s1. The first-order valence-corrected chi connectivity index (χ1v) is 14.9. The second-order valence-corrected chi connectivity index (χ2v) is 13.9. The van der Waals surface area contributed by atoms with Gasteiger partial charge >= 0.3 is 24.2 Å². The van der Waals surface area contributed by atoms with Crippen LogP contribution in [0.5, 0.6) is 0 Å². The fraction of sp³-hybridized carbons (Fsp3) is 0.690. The maximum absolute atomic E-state index is 13.9. The summed E-state index contributed by atoms with van der Waals surface area (Å²) in [4.78, 5) is 39.7. The number of nitrogens with zero attached hydrogens (tertiary/aromatic N) is 1. The van der Waals surface area contributed by atoms with E-state index in [4.69, 9.17) is 9.47 Å². The lowest BCUT2D eigenvalue weighted by Crippen LogP contribution is -2.54. The van der Waals surface area contributed by atoms with Crippen molar-refractivity contribution in [2.24, 2.45) is 5.41 Å². The lowest BCUT2D eigenvalue weighted by molar-refractivity contribution is -0.192. The summed E-state index contributed by atoms with van der Waals surface area (Å²) in [6.45, 7) is 8.32. The summed E-state index contributed by atoms with van der Waals surface area (Å²) >= 11 is 1.32. The Morgan fingerprint density at radius 2 is 1.70 bits per heavy atom. The van der Waals surface area contributed by atoms with E-state index < -0.39 is 59.3 Å². The van der Waals surface area contributed by atoms with Gasteiger partial charge in [-0.25, -0.2) is 0 Å². The molecule has 1 saturated heterocycles. The van der Waals surface area contributed by atoms with E-state index in [1.807, 2.05) is 20.8 Å². The van der Waals surface area contributed by atoms with Crippen LogP contribution in [0.4, 0.5) is 26.3 Å². The smallest absolute Gasteiger partial charge is 0.462 e. The first-order valence-electron chi connectivity index (χ1n) is 14.1. The largest absolute Gasteiger partial charge is 0.471 e. The molecule has 0 spiro atoms. The molecule has 43 heavy (non-hydrogen) atoms. The van der Waals surface area contributed by atoms with Crippen LogP contribution in [-0.4, -0.2) is 65.0 Å². The Morgan fingerprint density at radius 3 is 2.23 bits per heavy atom. The van der Waals surface area contributed by atoms with Gasteiger partial charge in [-0.1, -0.05) is 20.8 Å². The van der Waals surface area contributed by atoms with Gasteiger partial charge in [0, 0.05) is 48.4 Å². The van der Waals surface area contributed by atoms with Gasteiger partial charge in [0.1, 0.15) is 6.10 Å². The molecule has 242 valence electrons. The Balaban J connectivity index is 1.94. The van der Waals surface area contributed by atoms with Gasteiger partial charge in [0.25, 0.3) is 0 Å². The Hall–Kier alpha value is -2.48. The maximum Gasteiger partial charge on any atom is 0.471 e. The highest BCUT2D eigenvalue weighted by Crippen LogP contribution is 2.47. The number of alkyl halides is 6. The van der Waals surface area contributed by atoms with Crippen molar-refractivity contribution in [3.8, 4) is 0 Å². The summed E-state index contributed by atoms with van der Waals surface area (Å²) in [7, 11) is 0. The van der Waals surface area contributed by atoms with E-state index in [2.05, 4.69) is 5.32 Å². The van der Waals surface area contributed by atoms with E-state index in [9.17, 15) is 40.7 Å². The van der Waals surface area contributed by atoms with Gasteiger partial charge in [-0.3, -0.25) is 14.4 Å². The molecule has 1 heterocycles. The van der Waals surface area contributed by atoms with Gasteiger partial charge in [0.05, 0.1) is 11.0 Å². The molecule has 3 rings (SSSR count). The minimum atomic E-state index is -5.14. The average molecular weight is 641 g/mol. The fourth-order valence-electron chi connectivity index (χ4n) is 5.82. The van der Waals surface area contributed by atoms with Crippen LogP contribution in [0, 0.1) is 5.41 Å². The van der Waals surface area contributed by atoms with Crippen molar-refractivity contribution in [1.82, 2.24) is 10.2 Å². The van der Waals surface area contributed by atoms with Crippen LogP contribution in [0.1, 0.15) is 77.8 Å². The highest BCUT2D eigenvalue weighted by atomic mass is 32.2. The number of rotatable bonds is 8. The van der Waals surface area contributed by atoms with E-state index in [0.29, 0.717) is 4.90 Å². The van der Waals surface area contributed by atoms with Crippen LogP contribution >= 0.6 is 11.8 Å². The number of hydrogen-bond acceptors (Lipinski definition) is 6. The van der Waals surface area contributed by atoms with Gasteiger partial charge in [-0.2, -0.15) is 26.3 Å². The van der Waals surface area contributed by atoms with E-state index >= 15 is 0 Å². The summed E-state index contributed by atoms with van der Waals surface area (Å²) in [6, 6.07) is 1.54. The molecule has 1 aromatic rings. The molecule has 0 bridgehead atoms. The number of carbonyl (C=O) groups excluding carboxylic acids is 3. The number of carbonyl (C=O) groups is 3. The van der Waals surface area contributed by atoms with E-state index in [0.717, 1.165) is 24.0 Å². The molecular formula is C29H38F6N2O5S. The van der Waals surface area contributed by atoms with Gasteiger partial charge in [-0.05, 0) is 62.8 Å². The molecule has 1 N–H and O–H groups in total. The van der Waals surface area contributed by atoms with Crippen LogP contribution in [0.25, 0.3) is 0 Å². The number of esters is 1. The second kappa shape index (κ2) is 13.3. The molecule has 2 aliphatic rings. The Morgan fingerprint density at radius 1 is 1.07 bits per heavy atom. The molecule has 7 nitrogen and oxygen atoms in total. The summed E-state index contributed by atoms with van der Waals surface area (Å²) in [5, 5.41) is 2.68. The highest BCUT2D eigenvalue weighted by molar-refractivity contribution is 8.00. The van der Waals surface area contributed by atoms with Gasteiger partial charge in [0.15, 0.2) is 0 Å². The van der Waals surface area contributed by atoms with Crippen molar-refractivity contribution in [1.29, 1.82) is 0 Å². The molecule has 1 saturated carbocycles. The third-order valence-electron chi connectivity index (χ3n) is 7.79. The van der Waals surface area contributed by atoms with Crippen molar-refractivity contribution < 1.29 is 50.2 Å². The number of nitrogens with one attached hydrogen (secondary N) is 1. The first kappa shape index (κ1) is 35.0. The first-order chi connectivity index (χ1) is 19.7. The topological polar surface area (TPSA) is 84.9 Å². The monoisotopic (exact) mass is 640 g/mol. The van der Waals surface area contributed by atoms with Crippen LogP contribution in [0.3, 0.4) is 0 Å². The summed E-state index contributed by atoms with van der Waals surface area (Å²) in [5.41, 5.74) is -2.20. The van der Waals surface area contributed by atoms with E-state index in [1.165, 1.54) is 24.8 Å².